The highest BCUT2D eigenvalue weighted by atomic mass is 79.9. The molecule has 130 valence electrons. The minimum Gasteiger partial charge on any atom is -0.378 e. The molecule has 1 aliphatic heterocycles. The van der Waals surface area contributed by atoms with E-state index in [-0.39, 0.29) is 11.7 Å². The van der Waals surface area contributed by atoms with Crippen LogP contribution in [0.4, 0.5) is 15.9 Å². The van der Waals surface area contributed by atoms with E-state index in [1.54, 1.807) is 30.5 Å². The maximum atomic E-state index is 13.7. The minimum atomic E-state index is -0.386. The lowest BCUT2D eigenvalue weighted by molar-refractivity contribution is -0.111. The van der Waals surface area contributed by atoms with Crippen molar-refractivity contribution in [3.63, 3.8) is 0 Å². The van der Waals surface area contributed by atoms with Gasteiger partial charge >= 0.3 is 0 Å². The first kappa shape index (κ1) is 17.6. The van der Waals surface area contributed by atoms with Crippen molar-refractivity contribution in [2.45, 2.75) is 0 Å². The molecule has 2 aromatic rings. The number of carbonyl (C=O) groups excluding carboxylic acids is 1. The van der Waals surface area contributed by atoms with Crippen molar-refractivity contribution >= 4 is 39.4 Å². The quantitative estimate of drug-likeness (QED) is 0.791. The van der Waals surface area contributed by atoms with Gasteiger partial charge in [-0.15, -0.1) is 0 Å². The molecule has 0 aliphatic carbocycles. The zero-order valence-electron chi connectivity index (χ0n) is 13.4. The fraction of sp³-hybridized carbons (Fsp3) is 0.222. The van der Waals surface area contributed by atoms with Crippen molar-refractivity contribution in [3.8, 4) is 0 Å². The highest BCUT2D eigenvalue weighted by Crippen LogP contribution is 2.23. The van der Waals surface area contributed by atoms with Crippen molar-refractivity contribution in [2.24, 2.45) is 0 Å². The summed E-state index contributed by atoms with van der Waals surface area (Å²) in [4.78, 5) is 18.6. The van der Waals surface area contributed by atoms with Crippen LogP contribution in [-0.2, 0) is 9.53 Å². The first-order valence-electron chi connectivity index (χ1n) is 7.85. The molecular weight excluding hydrogens is 389 g/mol. The Morgan fingerprint density at radius 1 is 1.32 bits per heavy atom. The number of ether oxygens (including phenoxy) is 1. The van der Waals surface area contributed by atoms with Gasteiger partial charge in [0.1, 0.15) is 5.82 Å². The van der Waals surface area contributed by atoms with Gasteiger partial charge in [-0.3, -0.25) is 4.79 Å². The summed E-state index contributed by atoms with van der Waals surface area (Å²) >= 11 is 3.29. The van der Waals surface area contributed by atoms with Crippen LogP contribution in [0.15, 0.2) is 47.1 Å². The summed E-state index contributed by atoms with van der Waals surface area (Å²) in [6.45, 7) is 2.70. The van der Waals surface area contributed by atoms with Crippen LogP contribution < -0.4 is 10.2 Å². The standard InChI is InChI=1S/C18H17BrFN3O2/c19-14-4-5-15(20)13(12-14)3-6-17(24)22-16-2-1-7-21-18(16)23-8-10-25-11-9-23/h1-7,12H,8-11H2,(H,22,24)/b6-3+. The molecule has 2 heterocycles. The molecule has 5 nitrogen and oxygen atoms in total. The molecule has 25 heavy (non-hydrogen) atoms. The van der Waals surface area contributed by atoms with E-state index in [0.717, 1.165) is 17.6 Å². The highest BCUT2D eigenvalue weighted by Gasteiger charge is 2.16. The molecule has 0 atom stereocenters. The second kappa shape index (κ2) is 8.22. The van der Waals surface area contributed by atoms with Gasteiger partial charge in [-0.25, -0.2) is 9.37 Å². The topological polar surface area (TPSA) is 54.5 Å². The minimum absolute atomic E-state index is 0.337. The number of benzene rings is 1. The fourth-order valence-corrected chi connectivity index (χ4v) is 2.88. The molecule has 7 heteroatoms. The highest BCUT2D eigenvalue weighted by molar-refractivity contribution is 9.10. The molecule has 1 saturated heterocycles. The molecule has 1 amide bonds. The van der Waals surface area contributed by atoms with E-state index in [9.17, 15) is 9.18 Å². The molecule has 1 aliphatic rings. The summed E-state index contributed by atoms with van der Waals surface area (Å²) < 4.78 is 19.8. The number of morpholine rings is 1. The SMILES string of the molecule is O=C(/C=C/c1cc(Br)ccc1F)Nc1cccnc1N1CCOCC1. The van der Waals surface area contributed by atoms with Crippen LogP contribution in [0, 0.1) is 5.82 Å². The maximum absolute atomic E-state index is 13.7. The number of nitrogens with zero attached hydrogens (tertiary/aromatic N) is 2. The lowest BCUT2D eigenvalue weighted by atomic mass is 10.2. The molecule has 1 N–H and O–H groups in total. The monoisotopic (exact) mass is 405 g/mol. The van der Waals surface area contributed by atoms with Crippen LogP contribution >= 0.6 is 15.9 Å². The number of carbonyl (C=O) groups is 1. The number of pyridine rings is 1. The molecule has 0 radical (unpaired) electrons. The molecule has 3 rings (SSSR count). The van der Waals surface area contributed by atoms with E-state index in [2.05, 4.69) is 31.1 Å². The normalized spacial score (nSPS) is 14.7. The Morgan fingerprint density at radius 2 is 2.12 bits per heavy atom. The summed E-state index contributed by atoms with van der Waals surface area (Å²) in [5.74, 6) is -0.0225. The van der Waals surface area contributed by atoms with Crippen LogP contribution in [0.25, 0.3) is 6.08 Å². The lowest BCUT2D eigenvalue weighted by Gasteiger charge is -2.29. The first-order valence-corrected chi connectivity index (χ1v) is 8.64. The number of aromatic nitrogens is 1. The zero-order valence-corrected chi connectivity index (χ0v) is 15.0. The third kappa shape index (κ3) is 4.64. The van der Waals surface area contributed by atoms with E-state index < -0.39 is 0 Å². The molecule has 1 fully saturated rings. The van der Waals surface area contributed by atoms with Gasteiger partial charge in [-0.1, -0.05) is 15.9 Å². The first-order chi connectivity index (χ1) is 12.1. The van der Waals surface area contributed by atoms with Gasteiger partial charge in [0.05, 0.1) is 18.9 Å². The van der Waals surface area contributed by atoms with Gasteiger partial charge in [-0.05, 0) is 36.4 Å². The van der Waals surface area contributed by atoms with Gasteiger partial charge in [0.25, 0.3) is 0 Å². The van der Waals surface area contributed by atoms with Gasteiger partial charge in [0, 0.05) is 35.4 Å². The Labute approximate surface area is 153 Å². The molecule has 1 aromatic carbocycles. The number of hydrogen-bond acceptors (Lipinski definition) is 4. The summed E-state index contributed by atoms with van der Waals surface area (Å²) in [6.07, 6.45) is 4.44. The largest absolute Gasteiger partial charge is 0.378 e. The molecule has 0 spiro atoms. The van der Waals surface area contributed by atoms with Gasteiger partial charge in [0.2, 0.25) is 5.91 Å². The number of amides is 1. The van der Waals surface area contributed by atoms with Gasteiger partial charge in [0.15, 0.2) is 5.82 Å². The summed E-state index contributed by atoms with van der Waals surface area (Å²) in [6, 6.07) is 8.12. The predicted octanol–water partition coefficient (Wildman–Crippen LogP) is 3.47. The predicted molar refractivity (Wildman–Crippen MR) is 99.0 cm³/mol. The van der Waals surface area contributed by atoms with Crippen molar-refractivity contribution in [1.29, 1.82) is 0 Å². The average Bonchev–Trinajstić information content (AvgIpc) is 2.64. The van der Waals surface area contributed by atoms with Crippen molar-refractivity contribution in [1.82, 2.24) is 4.98 Å². The average molecular weight is 406 g/mol. The molecule has 0 bridgehead atoms. The second-order valence-electron chi connectivity index (χ2n) is 5.46. The number of nitrogens with one attached hydrogen (secondary N) is 1. The Morgan fingerprint density at radius 3 is 2.92 bits per heavy atom. The molecule has 0 unspecified atom stereocenters. The number of rotatable bonds is 4. The van der Waals surface area contributed by atoms with E-state index in [1.165, 1.54) is 18.2 Å². The smallest absolute Gasteiger partial charge is 0.248 e. The third-order valence-electron chi connectivity index (χ3n) is 3.73. The van der Waals surface area contributed by atoms with E-state index in [4.69, 9.17) is 4.74 Å². The van der Waals surface area contributed by atoms with Crippen LogP contribution in [-0.4, -0.2) is 37.2 Å². The molecule has 0 saturated carbocycles. The lowest BCUT2D eigenvalue weighted by Crippen LogP contribution is -2.37. The van der Waals surface area contributed by atoms with Crippen molar-refractivity contribution < 1.29 is 13.9 Å². The number of anilines is 2. The van der Waals surface area contributed by atoms with Crippen LogP contribution in [0.5, 0.6) is 0 Å². The Bertz CT molecular complexity index is 792. The van der Waals surface area contributed by atoms with E-state index in [0.29, 0.717) is 30.3 Å². The number of hydrogen-bond donors (Lipinski definition) is 1. The van der Waals surface area contributed by atoms with E-state index >= 15 is 0 Å². The van der Waals surface area contributed by atoms with E-state index in [1.807, 2.05) is 0 Å². The fourth-order valence-electron chi connectivity index (χ4n) is 2.50. The molecular formula is C18H17BrFN3O2. The number of halogens is 2. The third-order valence-corrected chi connectivity index (χ3v) is 4.22. The van der Waals surface area contributed by atoms with Crippen molar-refractivity contribution in [2.75, 3.05) is 36.5 Å². The van der Waals surface area contributed by atoms with Crippen molar-refractivity contribution in [3.05, 3.63) is 58.5 Å². The Kier molecular flexibility index (Phi) is 5.78. The van der Waals surface area contributed by atoms with Crippen LogP contribution in [0.2, 0.25) is 0 Å². The maximum Gasteiger partial charge on any atom is 0.248 e. The summed E-state index contributed by atoms with van der Waals surface area (Å²) in [7, 11) is 0. The molecule has 1 aromatic heterocycles. The Balaban J connectivity index is 1.73. The van der Waals surface area contributed by atoms with Crippen LogP contribution in [0.1, 0.15) is 5.56 Å². The second-order valence-corrected chi connectivity index (χ2v) is 6.38. The van der Waals surface area contributed by atoms with Crippen LogP contribution in [0.3, 0.4) is 0 Å². The summed E-state index contributed by atoms with van der Waals surface area (Å²) in [5.41, 5.74) is 0.956. The van der Waals surface area contributed by atoms with Gasteiger partial charge < -0.3 is 15.0 Å². The Hall–Kier alpha value is -2.25. The zero-order chi connectivity index (χ0) is 17.6. The van der Waals surface area contributed by atoms with Gasteiger partial charge in [-0.2, -0.15) is 0 Å². The summed E-state index contributed by atoms with van der Waals surface area (Å²) in [5, 5.41) is 2.81.